The Balaban J connectivity index is 1.47. The van der Waals surface area contributed by atoms with Crippen molar-refractivity contribution in [2.24, 2.45) is 5.92 Å². The first-order valence-electron chi connectivity index (χ1n) is 8.45. The van der Waals surface area contributed by atoms with E-state index in [4.69, 9.17) is 0 Å². The van der Waals surface area contributed by atoms with Gasteiger partial charge in [0.2, 0.25) is 5.91 Å². The third-order valence-corrected chi connectivity index (χ3v) is 5.06. The minimum atomic E-state index is 0.320. The second kappa shape index (κ2) is 7.25. The molecule has 2 aliphatic rings. The topological polar surface area (TPSA) is 35.6 Å². The normalized spacial score (nSPS) is 25.5. The first-order valence-corrected chi connectivity index (χ1v) is 8.45. The number of carbonyl (C=O) groups excluding carboxylic acids is 1. The van der Waals surface area contributed by atoms with Gasteiger partial charge in [-0.25, -0.2) is 0 Å². The van der Waals surface area contributed by atoms with Crippen molar-refractivity contribution in [1.29, 1.82) is 0 Å². The number of carbonyl (C=O) groups is 1. The Bertz CT molecular complexity index is 484. The minimum absolute atomic E-state index is 0.320. The van der Waals surface area contributed by atoms with E-state index >= 15 is 0 Å². The molecule has 0 bridgehead atoms. The summed E-state index contributed by atoms with van der Waals surface area (Å²) >= 11 is 0. The van der Waals surface area contributed by atoms with Crippen molar-refractivity contribution >= 4 is 5.91 Å². The van der Waals surface area contributed by atoms with Gasteiger partial charge in [-0.3, -0.25) is 9.69 Å². The number of hydrogen-bond acceptors (Lipinski definition) is 3. The van der Waals surface area contributed by atoms with Crippen molar-refractivity contribution in [2.45, 2.75) is 31.8 Å². The Hall–Kier alpha value is -1.39. The number of benzene rings is 1. The molecule has 2 saturated heterocycles. The zero-order valence-electron chi connectivity index (χ0n) is 13.5. The first-order chi connectivity index (χ1) is 10.7. The molecule has 3 rings (SSSR count). The highest BCUT2D eigenvalue weighted by Crippen LogP contribution is 2.20. The lowest BCUT2D eigenvalue weighted by Crippen LogP contribution is -2.39. The van der Waals surface area contributed by atoms with Gasteiger partial charge in [-0.2, -0.15) is 0 Å². The van der Waals surface area contributed by atoms with Crippen LogP contribution in [0.4, 0.5) is 0 Å². The van der Waals surface area contributed by atoms with E-state index in [1.165, 1.54) is 5.56 Å². The van der Waals surface area contributed by atoms with E-state index in [-0.39, 0.29) is 0 Å². The second-order valence-electron chi connectivity index (χ2n) is 6.73. The Kier molecular flexibility index (Phi) is 5.11. The minimum Gasteiger partial charge on any atom is -0.341 e. The molecular weight excluding hydrogens is 274 g/mol. The summed E-state index contributed by atoms with van der Waals surface area (Å²) in [7, 11) is 1.99. The average Bonchev–Trinajstić information content (AvgIpc) is 3.19. The van der Waals surface area contributed by atoms with Gasteiger partial charge in [0.1, 0.15) is 0 Å². The third-order valence-electron chi connectivity index (χ3n) is 5.06. The largest absolute Gasteiger partial charge is 0.341 e. The molecular formula is C18H27N3O. The zero-order valence-corrected chi connectivity index (χ0v) is 13.5. The van der Waals surface area contributed by atoms with E-state index < -0.39 is 0 Å². The van der Waals surface area contributed by atoms with Crippen LogP contribution in [0.15, 0.2) is 30.3 Å². The SMILES string of the molecule is CN(C(=O)CC1CCNC1)C1CCN(Cc2ccccc2)C1. The maximum atomic E-state index is 12.4. The van der Waals surface area contributed by atoms with E-state index in [0.29, 0.717) is 24.3 Å². The zero-order chi connectivity index (χ0) is 15.4. The summed E-state index contributed by atoms with van der Waals surface area (Å²) < 4.78 is 0. The van der Waals surface area contributed by atoms with Gasteiger partial charge < -0.3 is 10.2 Å². The molecule has 4 heteroatoms. The molecule has 120 valence electrons. The Labute approximate surface area is 133 Å². The molecule has 2 heterocycles. The van der Waals surface area contributed by atoms with Crippen molar-refractivity contribution in [1.82, 2.24) is 15.1 Å². The highest BCUT2D eigenvalue weighted by Gasteiger charge is 2.29. The summed E-state index contributed by atoms with van der Waals surface area (Å²) in [5.74, 6) is 0.858. The second-order valence-corrected chi connectivity index (χ2v) is 6.73. The molecule has 0 spiro atoms. The van der Waals surface area contributed by atoms with Crippen molar-refractivity contribution in [3.8, 4) is 0 Å². The number of amides is 1. The van der Waals surface area contributed by atoms with Crippen LogP contribution in [-0.4, -0.2) is 55.0 Å². The van der Waals surface area contributed by atoms with Crippen molar-refractivity contribution < 1.29 is 4.79 Å². The first kappa shape index (κ1) is 15.5. The summed E-state index contributed by atoms with van der Waals surface area (Å²) in [6, 6.07) is 11.0. The molecule has 0 aliphatic carbocycles. The molecule has 2 atom stereocenters. The number of nitrogens with one attached hydrogen (secondary N) is 1. The van der Waals surface area contributed by atoms with Gasteiger partial charge in [-0.1, -0.05) is 30.3 Å². The van der Waals surface area contributed by atoms with Crippen LogP contribution in [0, 0.1) is 5.92 Å². The molecule has 1 aromatic rings. The lowest BCUT2D eigenvalue weighted by atomic mass is 10.0. The number of likely N-dealkylation sites (N-methyl/N-ethyl adjacent to an activating group) is 1. The summed E-state index contributed by atoms with van der Waals surface area (Å²) in [6.07, 6.45) is 2.95. The van der Waals surface area contributed by atoms with Crippen LogP contribution in [0.5, 0.6) is 0 Å². The number of rotatable bonds is 5. The van der Waals surface area contributed by atoms with E-state index in [1.54, 1.807) is 0 Å². The molecule has 0 aromatic heterocycles. The van der Waals surface area contributed by atoms with Crippen molar-refractivity contribution in [3.63, 3.8) is 0 Å². The molecule has 2 fully saturated rings. The van der Waals surface area contributed by atoms with Gasteiger partial charge in [0.25, 0.3) is 0 Å². The van der Waals surface area contributed by atoms with Crippen LogP contribution in [-0.2, 0) is 11.3 Å². The van der Waals surface area contributed by atoms with Crippen LogP contribution in [0.3, 0.4) is 0 Å². The van der Waals surface area contributed by atoms with Crippen LogP contribution < -0.4 is 5.32 Å². The van der Waals surface area contributed by atoms with Crippen LogP contribution in [0.1, 0.15) is 24.8 Å². The standard InChI is InChI=1S/C18H27N3O/c1-20(18(22)11-16-7-9-19-12-16)17-8-10-21(14-17)13-15-5-3-2-4-6-15/h2-6,16-17,19H,7-14H2,1H3. The van der Waals surface area contributed by atoms with Crippen LogP contribution in [0.2, 0.25) is 0 Å². The van der Waals surface area contributed by atoms with Gasteiger partial charge in [0.15, 0.2) is 0 Å². The van der Waals surface area contributed by atoms with Gasteiger partial charge in [0, 0.05) is 39.1 Å². The fourth-order valence-corrected chi connectivity index (χ4v) is 3.60. The maximum Gasteiger partial charge on any atom is 0.222 e. The van der Waals surface area contributed by atoms with E-state index in [1.807, 2.05) is 11.9 Å². The molecule has 0 radical (unpaired) electrons. The Morgan fingerprint density at radius 3 is 2.86 bits per heavy atom. The molecule has 1 N–H and O–H groups in total. The summed E-state index contributed by atoms with van der Waals surface area (Å²) in [6.45, 7) is 5.15. The summed E-state index contributed by atoms with van der Waals surface area (Å²) in [4.78, 5) is 16.9. The predicted octanol–water partition coefficient (Wildman–Crippen LogP) is 1.72. The summed E-state index contributed by atoms with van der Waals surface area (Å²) in [5.41, 5.74) is 1.36. The van der Waals surface area contributed by atoms with Gasteiger partial charge in [-0.05, 0) is 37.4 Å². The van der Waals surface area contributed by atoms with E-state index in [9.17, 15) is 4.79 Å². The molecule has 2 unspecified atom stereocenters. The lowest BCUT2D eigenvalue weighted by molar-refractivity contribution is -0.132. The number of nitrogens with zero attached hydrogens (tertiary/aromatic N) is 2. The van der Waals surface area contributed by atoms with Gasteiger partial charge >= 0.3 is 0 Å². The maximum absolute atomic E-state index is 12.4. The smallest absolute Gasteiger partial charge is 0.222 e. The van der Waals surface area contributed by atoms with Gasteiger partial charge in [0.05, 0.1) is 0 Å². The van der Waals surface area contributed by atoms with E-state index in [0.717, 1.165) is 45.6 Å². The molecule has 1 aromatic carbocycles. The monoisotopic (exact) mass is 301 g/mol. The van der Waals surface area contributed by atoms with Crippen LogP contribution >= 0.6 is 0 Å². The average molecular weight is 301 g/mol. The highest BCUT2D eigenvalue weighted by molar-refractivity contribution is 5.76. The van der Waals surface area contributed by atoms with Crippen molar-refractivity contribution in [3.05, 3.63) is 35.9 Å². The molecule has 1 amide bonds. The van der Waals surface area contributed by atoms with Gasteiger partial charge in [-0.15, -0.1) is 0 Å². The Morgan fingerprint density at radius 2 is 2.14 bits per heavy atom. The quantitative estimate of drug-likeness (QED) is 0.899. The molecule has 0 saturated carbocycles. The fraction of sp³-hybridized carbons (Fsp3) is 0.611. The lowest BCUT2D eigenvalue weighted by Gasteiger charge is -2.26. The predicted molar refractivity (Wildman–Crippen MR) is 88.5 cm³/mol. The van der Waals surface area contributed by atoms with Crippen molar-refractivity contribution in [2.75, 3.05) is 33.2 Å². The molecule has 22 heavy (non-hydrogen) atoms. The fourth-order valence-electron chi connectivity index (χ4n) is 3.60. The third kappa shape index (κ3) is 3.87. The number of hydrogen-bond donors (Lipinski definition) is 1. The number of likely N-dealkylation sites (tertiary alicyclic amines) is 1. The van der Waals surface area contributed by atoms with Crippen LogP contribution in [0.25, 0.3) is 0 Å². The highest BCUT2D eigenvalue weighted by atomic mass is 16.2. The molecule has 4 nitrogen and oxygen atoms in total. The van der Waals surface area contributed by atoms with E-state index in [2.05, 4.69) is 40.5 Å². The summed E-state index contributed by atoms with van der Waals surface area (Å²) in [5, 5.41) is 3.34. The Morgan fingerprint density at radius 1 is 1.32 bits per heavy atom. The molecule has 2 aliphatic heterocycles.